The average Bonchev–Trinajstić information content (AvgIpc) is 2.99. The standard InChI is InChI=1S/C27H38N8O5/c1-38-23-8-4-21(5-9-23)19-32-27-34-25(30-11-13-36)33-26(35-27)31-18-20-2-6-22(7-3-20)24(37)29-12-15-40-17-16-39-14-10-28/h2-9,36H,10-19,28H2,1H3,(H,29,37)(H3,30,31,32,33,34,35). The topological polar surface area (TPSA) is 178 Å². The number of nitrogens with zero attached hydrogens (tertiary/aromatic N) is 3. The van der Waals surface area contributed by atoms with Gasteiger partial charge in [0.05, 0.1) is 40.1 Å². The average molecular weight is 555 g/mol. The second kappa shape index (κ2) is 17.5. The van der Waals surface area contributed by atoms with Crippen molar-refractivity contribution in [2.45, 2.75) is 13.1 Å². The number of nitrogens with one attached hydrogen (secondary N) is 4. The number of hydrogen-bond donors (Lipinski definition) is 6. The molecule has 0 unspecified atom stereocenters. The lowest BCUT2D eigenvalue weighted by molar-refractivity contribution is 0.0511. The Bertz CT molecular complexity index is 1150. The zero-order valence-electron chi connectivity index (χ0n) is 22.7. The van der Waals surface area contributed by atoms with Crippen molar-refractivity contribution in [1.82, 2.24) is 20.3 Å². The van der Waals surface area contributed by atoms with Gasteiger partial charge in [0.1, 0.15) is 5.75 Å². The van der Waals surface area contributed by atoms with Crippen LogP contribution < -0.4 is 31.7 Å². The molecule has 0 atom stereocenters. The molecular weight excluding hydrogens is 516 g/mol. The van der Waals surface area contributed by atoms with E-state index >= 15 is 0 Å². The van der Waals surface area contributed by atoms with Crippen molar-refractivity contribution in [2.24, 2.45) is 5.73 Å². The maximum atomic E-state index is 12.4. The zero-order valence-corrected chi connectivity index (χ0v) is 22.7. The van der Waals surface area contributed by atoms with Crippen molar-refractivity contribution in [3.8, 4) is 5.75 Å². The zero-order chi connectivity index (χ0) is 28.4. The molecule has 216 valence electrons. The quantitative estimate of drug-likeness (QED) is 0.117. The first-order valence-corrected chi connectivity index (χ1v) is 13.1. The van der Waals surface area contributed by atoms with E-state index in [9.17, 15) is 4.79 Å². The van der Waals surface area contributed by atoms with Gasteiger partial charge in [-0.25, -0.2) is 0 Å². The molecule has 7 N–H and O–H groups in total. The smallest absolute Gasteiger partial charge is 0.251 e. The van der Waals surface area contributed by atoms with E-state index in [1.54, 1.807) is 19.2 Å². The molecule has 3 aromatic rings. The van der Waals surface area contributed by atoms with Gasteiger partial charge in [-0.3, -0.25) is 4.79 Å². The summed E-state index contributed by atoms with van der Waals surface area (Å²) >= 11 is 0. The monoisotopic (exact) mass is 554 g/mol. The molecule has 0 spiro atoms. The van der Waals surface area contributed by atoms with Crippen LogP contribution in [0.2, 0.25) is 0 Å². The van der Waals surface area contributed by atoms with Crippen LogP contribution in [0, 0.1) is 0 Å². The van der Waals surface area contributed by atoms with E-state index in [4.69, 9.17) is 25.1 Å². The first-order valence-electron chi connectivity index (χ1n) is 13.1. The number of aromatic nitrogens is 3. The molecule has 2 aromatic carbocycles. The van der Waals surface area contributed by atoms with E-state index in [2.05, 4.69) is 36.2 Å². The Hall–Kier alpha value is -4.04. The van der Waals surface area contributed by atoms with Crippen LogP contribution in [0.25, 0.3) is 0 Å². The molecule has 0 fully saturated rings. The number of nitrogens with two attached hydrogens (primary N) is 1. The van der Waals surface area contributed by atoms with Gasteiger partial charge >= 0.3 is 0 Å². The minimum atomic E-state index is -0.174. The number of rotatable bonds is 19. The third-order valence-corrected chi connectivity index (χ3v) is 5.47. The predicted octanol–water partition coefficient (Wildman–Crippen LogP) is 1.23. The molecule has 40 heavy (non-hydrogen) atoms. The second-order valence-electron chi connectivity index (χ2n) is 8.48. The number of benzene rings is 2. The van der Waals surface area contributed by atoms with Crippen LogP contribution in [0.4, 0.5) is 17.8 Å². The fourth-order valence-corrected chi connectivity index (χ4v) is 3.40. The molecular formula is C27H38N8O5. The van der Waals surface area contributed by atoms with Gasteiger partial charge < -0.3 is 46.3 Å². The largest absolute Gasteiger partial charge is 0.497 e. The minimum Gasteiger partial charge on any atom is -0.497 e. The maximum Gasteiger partial charge on any atom is 0.251 e. The Morgan fingerprint density at radius 1 is 0.775 bits per heavy atom. The molecule has 0 saturated carbocycles. The van der Waals surface area contributed by atoms with E-state index in [0.29, 0.717) is 82.6 Å². The van der Waals surface area contributed by atoms with Crippen molar-refractivity contribution in [3.63, 3.8) is 0 Å². The Balaban J connectivity index is 1.49. The van der Waals surface area contributed by atoms with E-state index in [-0.39, 0.29) is 12.5 Å². The number of amides is 1. The summed E-state index contributed by atoms with van der Waals surface area (Å²) < 4.78 is 15.8. The summed E-state index contributed by atoms with van der Waals surface area (Å²) in [5.41, 5.74) is 7.88. The van der Waals surface area contributed by atoms with Crippen molar-refractivity contribution < 1.29 is 24.1 Å². The Labute approximate surface area is 233 Å². The fourth-order valence-electron chi connectivity index (χ4n) is 3.40. The Kier molecular flexibility index (Phi) is 13.4. The van der Waals surface area contributed by atoms with Gasteiger partial charge in [-0.05, 0) is 35.4 Å². The molecule has 0 saturated heterocycles. The van der Waals surface area contributed by atoms with E-state index in [1.165, 1.54) is 0 Å². The van der Waals surface area contributed by atoms with E-state index in [1.807, 2.05) is 36.4 Å². The Morgan fingerprint density at radius 2 is 1.32 bits per heavy atom. The lowest BCUT2D eigenvalue weighted by Crippen LogP contribution is -2.27. The molecule has 0 aliphatic carbocycles. The Morgan fingerprint density at radius 3 is 1.88 bits per heavy atom. The summed E-state index contributed by atoms with van der Waals surface area (Å²) in [6.07, 6.45) is 0. The van der Waals surface area contributed by atoms with Gasteiger partial charge in [-0.1, -0.05) is 24.3 Å². The van der Waals surface area contributed by atoms with Gasteiger partial charge in [0.2, 0.25) is 17.8 Å². The molecule has 1 aromatic heterocycles. The van der Waals surface area contributed by atoms with Crippen LogP contribution in [0.15, 0.2) is 48.5 Å². The second-order valence-corrected chi connectivity index (χ2v) is 8.48. The van der Waals surface area contributed by atoms with Crippen LogP contribution in [0.3, 0.4) is 0 Å². The van der Waals surface area contributed by atoms with Crippen molar-refractivity contribution in [1.29, 1.82) is 0 Å². The molecule has 1 heterocycles. The van der Waals surface area contributed by atoms with Crippen LogP contribution >= 0.6 is 0 Å². The number of anilines is 3. The van der Waals surface area contributed by atoms with Crippen molar-refractivity contribution in [2.75, 3.05) is 75.7 Å². The fraction of sp³-hybridized carbons (Fsp3) is 0.407. The summed E-state index contributed by atoms with van der Waals surface area (Å²) in [5.74, 6) is 1.69. The highest BCUT2D eigenvalue weighted by molar-refractivity contribution is 5.94. The highest BCUT2D eigenvalue weighted by atomic mass is 16.5. The van der Waals surface area contributed by atoms with E-state index in [0.717, 1.165) is 16.9 Å². The van der Waals surface area contributed by atoms with Crippen LogP contribution in [-0.4, -0.2) is 85.7 Å². The maximum absolute atomic E-state index is 12.4. The van der Waals surface area contributed by atoms with E-state index < -0.39 is 0 Å². The molecule has 3 rings (SSSR count). The van der Waals surface area contributed by atoms with Crippen molar-refractivity contribution in [3.05, 3.63) is 65.2 Å². The van der Waals surface area contributed by atoms with Crippen molar-refractivity contribution >= 4 is 23.8 Å². The normalized spacial score (nSPS) is 10.7. The number of methoxy groups -OCH3 is 1. The summed E-state index contributed by atoms with van der Waals surface area (Å²) in [5, 5.41) is 21.4. The number of carbonyl (C=O) groups excluding carboxylic acids is 1. The lowest BCUT2D eigenvalue weighted by atomic mass is 10.1. The lowest BCUT2D eigenvalue weighted by Gasteiger charge is -2.12. The third-order valence-electron chi connectivity index (χ3n) is 5.47. The molecule has 13 heteroatoms. The number of ether oxygens (including phenoxy) is 3. The third kappa shape index (κ3) is 11.0. The molecule has 0 radical (unpaired) electrons. The van der Waals surface area contributed by atoms with Gasteiger partial charge in [0, 0.05) is 38.3 Å². The van der Waals surface area contributed by atoms with Crippen LogP contribution in [0.5, 0.6) is 5.75 Å². The molecule has 0 bridgehead atoms. The summed E-state index contributed by atoms with van der Waals surface area (Å²) in [6, 6.07) is 14.9. The van der Waals surface area contributed by atoms with Crippen LogP contribution in [-0.2, 0) is 22.6 Å². The summed E-state index contributed by atoms with van der Waals surface area (Å²) in [6.45, 7) is 3.92. The van der Waals surface area contributed by atoms with Gasteiger partial charge in [0.15, 0.2) is 0 Å². The molecule has 0 aliphatic rings. The summed E-state index contributed by atoms with van der Waals surface area (Å²) in [7, 11) is 1.63. The molecule has 0 aliphatic heterocycles. The highest BCUT2D eigenvalue weighted by Gasteiger charge is 2.08. The highest BCUT2D eigenvalue weighted by Crippen LogP contribution is 2.15. The number of aliphatic hydroxyl groups excluding tert-OH is 1. The summed E-state index contributed by atoms with van der Waals surface area (Å²) in [4.78, 5) is 25.6. The molecule has 13 nitrogen and oxygen atoms in total. The number of aliphatic hydroxyl groups is 1. The number of carbonyl (C=O) groups is 1. The van der Waals surface area contributed by atoms with Gasteiger partial charge in [-0.2, -0.15) is 15.0 Å². The first kappa shape index (κ1) is 30.5. The first-order chi connectivity index (χ1) is 19.6. The minimum absolute atomic E-state index is 0.0554. The van der Waals surface area contributed by atoms with Crippen LogP contribution in [0.1, 0.15) is 21.5 Å². The predicted molar refractivity (Wildman–Crippen MR) is 153 cm³/mol. The number of hydrogen-bond acceptors (Lipinski definition) is 12. The SMILES string of the molecule is COc1ccc(CNc2nc(NCCO)nc(NCc3ccc(C(=O)NCCOCCOCCN)cc3)n2)cc1. The van der Waals surface area contributed by atoms with Gasteiger partial charge in [-0.15, -0.1) is 0 Å². The van der Waals surface area contributed by atoms with Gasteiger partial charge in [0.25, 0.3) is 5.91 Å². The molecule has 1 amide bonds.